The molecule has 0 saturated heterocycles. The van der Waals surface area contributed by atoms with Crippen LogP contribution in [0.15, 0.2) is 167 Å². The van der Waals surface area contributed by atoms with Crippen molar-refractivity contribution >= 4 is 32.9 Å². The Morgan fingerprint density at radius 3 is 2.05 bits per heavy atom. The van der Waals surface area contributed by atoms with E-state index in [0.29, 0.717) is 29.4 Å². The first-order valence-corrected chi connectivity index (χ1v) is 22.1. The Hall–Kier alpha value is -7.24. The lowest BCUT2D eigenvalue weighted by Gasteiger charge is -2.36. The van der Waals surface area contributed by atoms with E-state index in [9.17, 15) is 4.79 Å². The van der Waals surface area contributed by atoms with Crippen molar-refractivity contribution in [1.82, 2.24) is 30.2 Å². The van der Waals surface area contributed by atoms with Crippen LogP contribution in [0.1, 0.15) is 75.0 Å². The Bertz CT molecular complexity index is 2950. The van der Waals surface area contributed by atoms with Crippen LogP contribution in [0.5, 0.6) is 5.88 Å². The number of rotatable bonds is 15. The Morgan fingerprint density at radius 2 is 1.41 bits per heavy atom. The molecular weight excluding hydrogens is 865 g/mol. The van der Waals surface area contributed by atoms with Gasteiger partial charge in [0.1, 0.15) is 29.3 Å². The maximum Gasteiger partial charge on any atom is 0.337 e. The zero-order valence-corrected chi connectivity index (χ0v) is 37.3. The van der Waals surface area contributed by atoms with Gasteiger partial charge in [0.2, 0.25) is 5.88 Å². The predicted octanol–water partition coefficient (Wildman–Crippen LogP) is 11.8. The first-order valence-electron chi connectivity index (χ1n) is 21.3. The maximum absolute atomic E-state index is 12.3. The van der Waals surface area contributed by atoms with E-state index < -0.39 is 5.54 Å². The zero-order valence-electron chi connectivity index (χ0n) is 35.7. The SMILES string of the molecule is CCCCc1nc(C)c(Cc2cccc(C(=O)OC)c2)c(OCc2ccc3oc(-c4ccc(-c5nnnn5C(c5ccccc5)(c5ccccc5)c5ccccc5)cc4)c(Br)c3c2)n1. The van der Waals surface area contributed by atoms with Crippen molar-refractivity contribution in [1.29, 1.82) is 0 Å². The van der Waals surface area contributed by atoms with E-state index in [1.165, 1.54) is 7.11 Å². The third-order valence-electron chi connectivity index (χ3n) is 11.5. The van der Waals surface area contributed by atoms with Crippen molar-refractivity contribution < 1.29 is 18.7 Å². The van der Waals surface area contributed by atoms with Crippen LogP contribution in [0, 0.1) is 6.92 Å². The summed E-state index contributed by atoms with van der Waals surface area (Å²) in [5, 5.41) is 14.5. The fourth-order valence-electron chi connectivity index (χ4n) is 8.34. The van der Waals surface area contributed by atoms with Crippen molar-refractivity contribution in [2.24, 2.45) is 0 Å². The Kier molecular flexibility index (Phi) is 12.2. The molecule has 11 heteroatoms. The van der Waals surface area contributed by atoms with E-state index in [2.05, 4.69) is 75.6 Å². The van der Waals surface area contributed by atoms with Crippen LogP contribution >= 0.6 is 15.9 Å². The summed E-state index contributed by atoms with van der Waals surface area (Å²) in [5.74, 6) is 2.23. The first-order chi connectivity index (χ1) is 31.4. The summed E-state index contributed by atoms with van der Waals surface area (Å²) in [6.45, 7) is 4.42. The molecule has 0 atom stereocenters. The number of hydrogen-bond donors (Lipinski definition) is 0. The minimum Gasteiger partial charge on any atom is -0.472 e. The van der Waals surface area contributed by atoms with E-state index in [-0.39, 0.29) is 12.6 Å². The molecule has 0 radical (unpaired) electrons. The Morgan fingerprint density at radius 1 is 0.750 bits per heavy atom. The van der Waals surface area contributed by atoms with Crippen molar-refractivity contribution in [3.63, 3.8) is 0 Å². The summed E-state index contributed by atoms with van der Waals surface area (Å²) in [6.07, 6.45) is 3.27. The average Bonchev–Trinajstić information content (AvgIpc) is 3.97. The summed E-state index contributed by atoms with van der Waals surface area (Å²) in [6, 6.07) is 52.7. The second kappa shape index (κ2) is 18.6. The molecule has 318 valence electrons. The van der Waals surface area contributed by atoms with Gasteiger partial charge in [-0.15, -0.1) is 5.10 Å². The number of methoxy groups -OCH3 is 1. The molecule has 0 aliphatic heterocycles. The molecule has 0 aliphatic carbocycles. The number of nitrogens with zero attached hydrogens (tertiary/aromatic N) is 6. The average molecular weight is 910 g/mol. The summed E-state index contributed by atoms with van der Waals surface area (Å²) in [5.41, 5.74) is 8.79. The minimum absolute atomic E-state index is 0.279. The van der Waals surface area contributed by atoms with E-state index in [1.54, 1.807) is 6.07 Å². The predicted molar refractivity (Wildman–Crippen MR) is 251 cm³/mol. The lowest BCUT2D eigenvalue weighted by atomic mass is 9.77. The molecule has 3 heterocycles. The number of ether oxygens (including phenoxy) is 2. The molecule has 10 nitrogen and oxygen atoms in total. The highest BCUT2D eigenvalue weighted by molar-refractivity contribution is 9.10. The minimum atomic E-state index is -0.868. The zero-order chi connectivity index (χ0) is 44.0. The number of carbonyl (C=O) groups is 1. The largest absolute Gasteiger partial charge is 0.472 e. The van der Waals surface area contributed by atoms with E-state index in [4.69, 9.17) is 29.1 Å². The van der Waals surface area contributed by atoms with Gasteiger partial charge in [0, 0.05) is 40.6 Å². The number of unbranched alkanes of at least 4 members (excludes halogenated alkanes) is 1. The molecule has 9 rings (SSSR count). The number of tetrazole rings is 1. The summed E-state index contributed by atoms with van der Waals surface area (Å²) in [4.78, 5) is 22.0. The number of hydrogen-bond acceptors (Lipinski definition) is 9. The number of carbonyl (C=O) groups excluding carboxylic acids is 1. The van der Waals surface area contributed by atoms with Gasteiger partial charge in [0.05, 0.1) is 17.1 Å². The van der Waals surface area contributed by atoms with Crippen LogP contribution in [0.2, 0.25) is 0 Å². The number of aryl methyl sites for hydroxylation is 2. The van der Waals surface area contributed by atoms with E-state index in [0.717, 1.165) is 90.7 Å². The van der Waals surface area contributed by atoms with Crippen LogP contribution in [-0.4, -0.2) is 43.3 Å². The molecule has 0 fully saturated rings. The normalized spacial score (nSPS) is 11.5. The summed E-state index contributed by atoms with van der Waals surface area (Å²) in [7, 11) is 1.38. The highest BCUT2D eigenvalue weighted by Crippen LogP contribution is 2.43. The second-order valence-electron chi connectivity index (χ2n) is 15.6. The lowest BCUT2D eigenvalue weighted by Crippen LogP contribution is -2.39. The molecule has 9 aromatic rings. The highest BCUT2D eigenvalue weighted by Gasteiger charge is 2.41. The molecule has 0 bridgehead atoms. The number of benzene rings is 6. The van der Waals surface area contributed by atoms with Gasteiger partial charge in [-0.3, -0.25) is 0 Å². The van der Waals surface area contributed by atoms with Crippen molar-refractivity contribution in [3.8, 4) is 28.6 Å². The molecule has 0 aliphatic rings. The fraction of sp³-hybridized carbons (Fsp3) is 0.170. The van der Waals surface area contributed by atoms with Gasteiger partial charge < -0.3 is 13.9 Å². The maximum atomic E-state index is 12.3. The molecule has 0 N–H and O–H groups in total. The monoisotopic (exact) mass is 908 g/mol. The first kappa shape index (κ1) is 42.1. The van der Waals surface area contributed by atoms with Gasteiger partial charge in [-0.25, -0.2) is 14.5 Å². The summed E-state index contributed by atoms with van der Waals surface area (Å²) < 4.78 is 20.8. The molecule has 0 saturated carbocycles. The van der Waals surface area contributed by atoms with Gasteiger partial charge in [0.25, 0.3) is 0 Å². The van der Waals surface area contributed by atoms with Crippen LogP contribution in [0.25, 0.3) is 33.7 Å². The van der Waals surface area contributed by atoms with E-state index in [1.807, 2.05) is 121 Å². The lowest BCUT2D eigenvalue weighted by molar-refractivity contribution is 0.0600. The Balaban J connectivity index is 1.01. The highest BCUT2D eigenvalue weighted by atomic mass is 79.9. The van der Waals surface area contributed by atoms with Gasteiger partial charge in [-0.1, -0.05) is 147 Å². The molecule has 3 aromatic heterocycles. The number of furan rings is 1. The number of aromatic nitrogens is 6. The van der Waals surface area contributed by atoms with Crippen molar-refractivity contribution in [2.45, 2.75) is 51.7 Å². The van der Waals surface area contributed by atoms with E-state index >= 15 is 0 Å². The third-order valence-corrected chi connectivity index (χ3v) is 12.3. The third kappa shape index (κ3) is 8.22. The van der Waals surface area contributed by atoms with Crippen LogP contribution in [0.3, 0.4) is 0 Å². The van der Waals surface area contributed by atoms with Crippen LogP contribution < -0.4 is 4.74 Å². The quantitative estimate of drug-likeness (QED) is 0.0732. The van der Waals surface area contributed by atoms with Gasteiger partial charge in [-0.2, -0.15) is 4.98 Å². The molecule has 0 spiro atoms. The van der Waals surface area contributed by atoms with Crippen LogP contribution in [-0.2, 0) is 29.7 Å². The summed E-state index contributed by atoms with van der Waals surface area (Å²) >= 11 is 3.88. The van der Waals surface area contributed by atoms with Gasteiger partial charge >= 0.3 is 5.97 Å². The topological polar surface area (TPSA) is 118 Å². The standard InChI is InChI=1S/C53H45BrN6O4/c1-4-5-24-47-55-35(2)44(32-36-16-15-17-40(31-36)52(61)62-3)51(56-47)63-34-37-25-30-46-45(33-37)48(54)49(64-46)38-26-28-39(29-27-38)50-57-58-59-60(50)53(41-18-9-6-10-19-41,42-20-11-7-12-21-42)43-22-13-8-14-23-43/h6-23,25-31,33H,4-5,24,32,34H2,1-3H3. The molecular formula is C53H45BrN6O4. The van der Waals surface area contributed by atoms with Crippen LogP contribution in [0.4, 0.5) is 0 Å². The fourth-order valence-corrected chi connectivity index (χ4v) is 8.96. The molecule has 0 amide bonds. The number of esters is 1. The number of halogens is 1. The second-order valence-corrected chi connectivity index (χ2v) is 16.4. The molecule has 6 aromatic carbocycles. The Labute approximate surface area is 380 Å². The smallest absolute Gasteiger partial charge is 0.337 e. The van der Waals surface area contributed by atoms with Crippen molar-refractivity contribution in [3.05, 3.63) is 213 Å². The van der Waals surface area contributed by atoms with Crippen molar-refractivity contribution in [2.75, 3.05) is 7.11 Å². The molecule has 64 heavy (non-hydrogen) atoms. The van der Waals surface area contributed by atoms with Gasteiger partial charge in [0.15, 0.2) is 5.82 Å². The number of fused-ring (bicyclic) bond motifs is 1. The van der Waals surface area contributed by atoms with Gasteiger partial charge in [-0.05, 0) is 91.8 Å². The molecule has 0 unspecified atom stereocenters.